The minimum atomic E-state index is -4.07. The first-order valence-electron chi connectivity index (χ1n) is 12.5. The minimum Gasteiger partial charge on any atom is -0.467 e. The van der Waals surface area contributed by atoms with Gasteiger partial charge in [-0.1, -0.05) is 24.3 Å². The fraction of sp³-hybridized carbons (Fsp3) is 0.286. The van der Waals surface area contributed by atoms with Crippen molar-refractivity contribution in [3.63, 3.8) is 0 Å². The summed E-state index contributed by atoms with van der Waals surface area (Å²) < 4.78 is 67.9. The van der Waals surface area contributed by atoms with Crippen LogP contribution in [0.5, 0.6) is 0 Å². The minimum absolute atomic E-state index is 0.0337. The quantitative estimate of drug-likeness (QED) is 0.280. The summed E-state index contributed by atoms with van der Waals surface area (Å²) in [6.07, 6.45) is 4.22. The molecule has 4 aromatic rings. The number of sulfone groups is 1. The van der Waals surface area contributed by atoms with Crippen LogP contribution in [0, 0.1) is 11.6 Å². The Morgan fingerprint density at radius 1 is 1.08 bits per heavy atom. The molecule has 1 aliphatic heterocycles. The highest BCUT2D eigenvalue weighted by atomic mass is 32.2. The molecule has 2 aromatic carbocycles. The molecule has 0 aliphatic carbocycles. The Morgan fingerprint density at radius 3 is 2.64 bits per heavy atom. The van der Waals surface area contributed by atoms with Gasteiger partial charge in [0.2, 0.25) is 15.0 Å². The average molecular weight is 556 g/mol. The van der Waals surface area contributed by atoms with Crippen LogP contribution in [0.4, 0.5) is 8.78 Å². The van der Waals surface area contributed by atoms with Crippen molar-refractivity contribution in [1.29, 1.82) is 0 Å². The van der Waals surface area contributed by atoms with Crippen LogP contribution in [0.1, 0.15) is 40.2 Å². The van der Waals surface area contributed by atoms with Crippen molar-refractivity contribution in [3.05, 3.63) is 107 Å². The smallest absolute Gasteiger partial charge is 0.254 e. The Kier molecular flexibility index (Phi) is 7.89. The molecule has 1 unspecified atom stereocenters. The number of carbonyl (C=O) groups is 1. The Labute approximate surface area is 224 Å². The summed E-state index contributed by atoms with van der Waals surface area (Å²) in [5.41, 5.74) is 0.611. The van der Waals surface area contributed by atoms with E-state index in [1.165, 1.54) is 58.3 Å². The molecule has 1 amide bonds. The molecule has 1 aliphatic rings. The van der Waals surface area contributed by atoms with Crippen molar-refractivity contribution in [2.24, 2.45) is 0 Å². The van der Waals surface area contributed by atoms with Gasteiger partial charge in [-0.05, 0) is 49.2 Å². The topological polar surface area (TPSA) is 94.6 Å². The first-order valence-corrected chi connectivity index (χ1v) is 14.1. The van der Waals surface area contributed by atoms with E-state index in [9.17, 15) is 22.0 Å². The van der Waals surface area contributed by atoms with Gasteiger partial charge < -0.3 is 18.6 Å². The number of halogens is 2. The molecule has 39 heavy (non-hydrogen) atoms. The molecular weight excluding hydrogens is 528 g/mol. The fourth-order valence-corrected chi connectivity index (χ4v) is 6.14. The molecule has 2 aromatic heterocycles. The lowest BCUT2D eigenvalue weighted by atomic mass is 10.2. The van der Waals surface area contributed by atoms with Crippen molar-refractivity contribution in [2.75, 3.05) is 6.61 Å². The van der Waals surface area contributed by atoms with Gasteiger partial charge in [0.05, 0.1) is 49.6 Å². The molecule has 1 fully saturated rings. The average Bonchev–Trinajstić information content (AvgIpc) is 3.69. The number of ether oxygens (including phenoxy) is 1. The van der Waals surface area contributed by atoms with Crippen molar-refractivity contribution in [3.8, 4) is 0 Å². The number of hydrogen-bond acceptors (Lipinski definition) is 6. The zero-order valence-corrected chi connectivity index (χ0v) is 21.8. The van der Waals surface area contributed by atoms with Crippen molar-refractivity contribution >= 4 is 15.7 Å². The van der Waals surface area contributed by atoms with Crippen LogP contribution in [0.3, 0.4) is 0 Å². The van der Waals surface area contributed by atoms with Crippen LogP contribution >= 0.6 is 0 Å². The molecule has 0 bridgehead atoms. The van der Waals surface area contributed by atoms with Gasteiger partial charge in [-0.15, -0.1) is 0 Å². The number of amides is 1. The van der Waals surface area contributed by atoms with Gasteiger partial charge in [0.15, 0.2) is 0 Å². The highest BCUT2D eigenvalue weighted by Gasteiger charge is 2.29. The molecular formula is C28H27F2N3O5S. The molecule has 204 valence electrons. The van der Waals surface area contributed by atoms with Gasteiger partial charge in [0.1, 0.15) is 17.4 Å². The third kappa shape index (κ3) is 6.26. The molecule has 0 N–H and O–H groups in total. The summed E-state index contributed by atoms with van der Waals surface area (Å²) in [4.78, 5) is 19.1. The number of aromatic nitrogens is 2. The van der Waals surface area contributed by atoms with Crippen LogP contribution in [-0.4, -0.2) is 41.5 Å². The third-order valence-corrected chi connectivity index (χ3v) is 8.10. The maximum atomic E-state index is 14.3. The van der Waals surface area contributed by atoms with Crippen molar-refractivity contribution < 1.29 is 31.1 Å². The number of imidazole rings is 1. The van der Waals surface area contributed by atoms with Crippen LogP contribution in [-0.2, 0) is 40.0 Å². The Bertz CT molecular complexity index is 1550. The lowest BCUT2D eigenvalue weighted by Crippen LogP contribution is -2.32. The molecule has 3 heterocycles. The predicted molar refractivity (Wildman–Crippen MR) is 137 cm³/mol. The van der Waals surface area contributed by atoms with E-state index in [1.54, 1.807) is 18.2 Å². The molecule has 0 saturated carbocycles. The number of hydrogen-bond donors (Lipinski definition) is 0. The lowest BCUT2D eigenvalue weighted by Gasteiger charge is -2.24. The van der Waals surface area contributed by atoms with E-state index in [4.69, 9.17) is 9.15 Å². The zero-order valence-electron chi connectivity index (χ0n) is 21.0. The molecule has 1 atom stereocenters. The van der Waals surface area contributed by atoms with E-state index >= 15 is 0 Å². The molecule has 0 spiro atoms. The molecule has 1 saturated heterocycles. The standard InChI is InChI=1S/C28H27F2N3O5S/c29-22-8-3-7-20(14-22)27(34)32(17-24-9-4-12-37-24)16-23-15-31-28(33(23)18-25-10-5-13-38-25)39(35,36)19-21-6-1-2-11-26(21)30/h1-4,6-9,11-12,14-15,25H,5,10,13,16-19H2. The van der Waals surface area contributed by atoms with E-state index in [-0.39, 0.29) is 42.0 Å². The molecule has 5 rings (SSSR count). The highest BCUT2D eigenvalue weighted by Crippen LogP contribution is 2.24. The normalized spacial score (nSPS) is 15.5. The van der Waals surface area contributed by atoms with E-state index in [2.05, 4.69) is 4.98 Å². The Morgan fingerprint density at radius 2 is 1.92 bits per heavy atom. The van der Waals surface area contributed by atoms with Crippen LogP contribution in [0.25, 0.3) is 0 Å². The summed E-state index contributed by atoms with van der Waals surface area (Å²) in [6.45, 7) is 0.786. The maximum absolute atomic E-state index is 14.3. The van der Waals surface area contributed by atoms with E-state index in [1.807, 2.05) is 0 Å². The van der Waals surface area contributed by atoms with Crippen molar-refractivity contribution in [1.82, 2.24) is 14.5 Å². The number of rotatable bonds is 10. The maximum Gasteiger partial charge on any atom is 0.254 e. The third-order valence-electron chi connectivity index (χ3n) is 6.53. The second-order valence-electron chi connectivity index (χ2n) is 9.38. The SMILES string of the molecule is O=C(c1cccc(F)c1)N(Cc1ccco1)Cc1cnc(S(=O)(=O)Cc2ccccc2F)n1CC1CCCO1. The number of furan rings is 1. The Hall–Kier alpha value is -3.83. The van der Waals surface area contributed by atoms with Gasteiger partial charge in [0, 0.05) is 17.7 Å². The van der Waals surface area contributed by atoms with Crippen LogP contribution in [0.2, 0.25) is 0 Å². The second-order valence-corrected chi connectivity index (χ2v) is 11.3. The van der Waals surface area contributed by atoms with E-state index < -0.39 is 33.1 Å². The van der Waals surface area contributed by atoms with Gasteiger partial charge in [-0.25, -0.2) is 22.2 Å². The summed E-state index contributed by atoms with van der Waals surface area (Å²) in [5, 5.41) is -0.229. The predicted octanol–water partition coefficient (Wildman–Crippen LogP) is 4.75. The Balaban J connectivity index is 1.50. The zero-order chi connectivity index (χ0) is 27.4. The van der Waals surface area contributed by atoms with E-state index in [0.717, 1.165) is 18.9 Å². The lowest BCUT2D eigenvalue weighted by molar-refractivity contribution is 0.0705. The van der Waals surface area contributed by atoms with E-state index in [0.29, 0.717) is 18.1 Å². The van der Waals surface area contributed by atoms with Gasteiger partial charge >= 0.3 is 0 Å². The fourth-order valence-electron chi connectivity index (χ4n) is 4.63. The number of benzene rings is 2. The number of nitrogens with zero attached hydrogens (tertiary/aromatic N) is 3. The van der Waals surface area contributed by atoms with Gasteiger partial charge in [-0.2, -0.15) is 0 Å². The molecule has 0 radical (unpaired) electrons. The largest absolute Gasteiger partial charge is 0.467 e. The highest BCUT2D eigenvalue weighted by molar-refractivity contribution is 7.90. The molecule has 11 heteroatoms. The summed E-state index contributed by atoms with van der Waals surface area (Å²) >= 11 is 0. The molecule has 8 nitrogen and oxygen atoms in total. The second kappa shape index (κ2) is 11.5. The summed E-state index contributed by atoms with van der Waals surface area (Å²) in [6, 6.07) is 14.4. The summed E-state index contributed by atoms with van der Waals surface area (Å²) in [7, 11) is -4.07. The monoisotopic (exact) mass is 555 g/mol. The first kappa shape index (κ1) is 26.8. The van der Waals surface area contributed by atoms with Gasteiger partial charge in [-0.3, -0.25) is 4.79 Å². The van der Waals surface area contributed by atoms with Crippen LogP contribution in [0.15, 0.2) is 82.7 Å². The number of carbonyl (C=O) groups excluding carboxylic acids is 1. The van der Waals surface area contributed by atoms with Crippen molar-refractivity contribution in [2.45, 2.75) is 49.5 Å². The summed E-state index contributed by atoms with van der Waals surface area (Å²) in [5.74, 6) is -1.71. The first-order chi connectivity index (χ1) is 18.8. The van der Waals surface area contributed by atoms with Crippen LogP contribution < -0.4 is 0 Å². The van der Waals surface area contributed by atoms with Gasteiger partial charge in [0.25, 0.3) is 5.91 Å².